The molecule has 3 saturated heterocycles. The van der Waals surface area contributed by atoms with Gasteiger partial charge >= 0.3 is 23.9 Å². The highest BCUT2D eigenvalue weighted by Crippen LogP contribution is 2.36. The summed E-state index contributed by atoms with van der Waals surface area (Å²) in [7, 11) is 0. The van der Waals surface area contributed by atoms with E-state index in [1.165, 1.54) is 13.8 Å². The van der Waals surface area contributed by atoms with Crippen molar-refractivity contribution in [2.45, 2.75) is 89.4 Å². The van der Waals surface area contributed by atoms with Gasteiger partial charge < -0.3 is 42.6 Å². The van der Waals surface area contributed by atoms with Crippen molar-refractivity contribution in [2.24, 2.45) is 0 Å². The van der Waals surface area contributed by atoms with Crippen LogP contribution in [0, 0.1) is 0 Å². The number of carbonyl (C=O) groups is 4. The lowest BCUT2D eigenvalue weighted by molar-refractivity contribution is -0.352. The minimum atomic E-state index is -1.33. The minimum absolute atomic E-state index is 0.253. The third kappa shape index (κ3) is 7.55. The smallest absolute Gasteiger partial charge is 0.303 e. The van der Waals surface area contributed by atoms with E-state index in [4.69, 9.17) is 42.6 Å². The van der Waals surface area contributed by atoms with Crippen LogP contribution in [0.25, 0.3) is 0 Å². The Kier molecular flexibility index (Phi) is 10.1. The molecule has 0 aliphatic carbocycles. The first kappa shape index (κ1) is 29.9. The third-order valence-corrected chi connectivity index (χ3v) is 6.49. The van der Waals surface area contributed by atoms with Crippen LogP contribution in [0.5, 0.6) is 0 Å². The first-order valence-corrected chi connectivity index (χ1v) is 13.0. The van der Waals surface area contributed by atoms with Gasteiger partial charge in [-0.15, -0.1) is 0 Å². The second kappa shape index (κ2) is 13.5. The number of carbonyl (C=O) groups excluding carboxylic acids is 4. The zero-order chi connectivity index (χ0) is 28.8. The lowest BCUT2D eigenvalue weighted by atomic mass is 9.97. The van der Waals surface area contributed by atoms with Gasteiger partial charge in [-0.05, 0) is 6.42 Å². The summed E-state index contributed by atoms with van der Waals surface area (Å²) in [5.41, 5.74) is 0.817. The number of hydrogen-bond donors (Lipinski definition) is 0. The minimum Gasteiger partial charge on any atom is -0.463 e. The average Bonchev–Trinajstić information content (AvgIpc) is 2.90. The SMILES string of the molecule is CC(=O)OC[C@H]1O[C@@H](O[C@@H]2CCO[C@@H]3CO[C@@H](c4ccccc4)O[C@H]32)[C@H](OC(C)=O)[C@@H](OC(C)=O)[C@H]1OC(C)=O. The second-order valence-electron chi connectivity index (χ2n) is 9.62. The van der Waals surface area contributed by atoms with Crippen LogP contribution >= 0.6 is 0 Å². The molecule has 220 valence electrons. The summed E-state index contributed by atoms with van der Waals surface area (Å²) in [6.07, 6.45) is -8.25. The van der Waals surface area contributed by atoms with Crippen molar-refractivity contribution >= 4 is 23.9 Å². The maximum absolute atomic E-state index is 12.1. The summed E-state index contributed by atoms with van der Waals surface area (Å²) in [6, 6.07) is 9.39. The number of rotatable bonds is 8. The molecule has 13 nitrogen and oxygen atoms in total. The van der Waals surface area contributed by atoms with Gasteiger partial charge in [-0.3, -0.25) is 19.2 Å². The van der Waals surface area contributed by atoms with Gasteiger partial charge in [0.2, 0.25) is 0 Å². The lowest BCUT2D eigenvalue weighted by Gasteiger charge is -2.47. The quantitative estimate of drug-likeness (QED) is 0.329. The molecule has 0 radical (unpaired) electrons. The summed E-state index contributed by atoms with van der Waals surface area (Å²) in [5.74, 6) is -2.76. The largest absolute Gasteiger partial charge is 0.463 e. The molecule has 0 saturated carbocycles. The van der Waals surface area contributed by atoms with Crippen molar-refractivity contribution in [1.82, 2.24) is 0 Å². The van der Waals surface area contributed by atoms with Crippen LogP contribution in [0.1, 0.15) is 46.0 Å². The van der Waals surface area contributed by atoms with E-state index in [0.717, 1.165) is 19.4 Å². The molecular weight excluding hydrogens is 532 g/mol. The molecule has 1 aromatic rings. The Bertz CT molecular complexity index is 1050. The van der Waals surface area contributed by atoms with Crippen LogP contribution in [0.15, 0.2) is 30.3 Å². The van der Waals surface area contributed by atoms with E-state index < -0.39 is 79.2 Å². The maximum Gasteiger partial charge on any atom is 0.303 e. The fraction of sp³-hybridized carbons (Fsp3) is 0.630. The molecule has 3 aliphatic heterocycles. The number of fused-ring (bicyclic) bond motifs is 1. The Morgan fingerprint density at radius 3 is 2.10 bits per heavy atom. The molecule has 0 bridgehead atoms. The first-order chi connectivity index (χ1) is 19.1. The molecule has 0 unspecified atom stereocenters. The van der Waals surface area contributed by atoms with Gasteiger partial charge in [0.1, 0.15) is 24.9 Å². The molecule has 0 aromatic heterocycles. The van der Waals surface area contributed by atoms with Gasteiger partial charge in [-0.25, -0.2) is 0 Å². The zero-order valence-electron chi connectivity index (χ0n) is 22.7. The number of benzene rings is 1. The average molecular weight is 567 g/mol. The highest BCUT2D eigenvalue weighted by Gasteiger charge is 2.54. The Labute approximate surface area is 231 Å². The monoisotopic (exact) mass is 566 g/mol. The molecule has 40 heavy (non-hydrogen) atoms. The van der Waals surface area contributed by atoms with Gasteiger partial charge in [-0.1, -0.05) is 30.3 Å². The fourth-order valence-corrected chi connectivity index (χ4v) is 4.92. The van der Waals surface area contributed by atoms with E-state index in [1.807, 2.05) is 30.3 Å². The highest BCUT2D eigenvalue weighted by molar-refractivity contribution is 5.68. The van der Waals surface area contributed by atoms with Crippen molar-refractivity contribution < 1.29 is 61.8 Å². The van der Waals surface area contributed by atoms with Crippen LogP contribution in [-0.2, 0) is 61.8 Å². The van der Waals surface area contributed by atoms with Gasteiger partial charge in [0.15, 0.2) is 30.9 Å². The highest BCUT2D eigenvalue weighted by atomic mass is 16.8. The van der Waals surface area contributed by atoms with Gasteiger partial charge in [0.25, 0.3) is 0 Å². The van der Waals surface area contributed by atoms with Gasteiger partial charge in [0, 0.05) is 39.9 Å². The Hall–Kier alpha value is -3.10. The number of ether oxygens (including phenoxy) is 9. The summed E-state index contributed by atoms with van der Waals surface area (Å²) in [4.78, 5) is 47.7. The standard InChI is InChI=1S/C27H34O13/c1-14(28)33-13-21-23(35-15(2)29)24(36-16(3)30)25(37-17(4)31)27(39-21)38-19-10-11-32-20-12-34-26(40-22(19)20)18-8-6-5-7-9-18/h5-9,19-27H,10-13H2,1-4H3/t19-,20-,21-,22+,23+,24+,25-,26-,27-/m1/s1. The van der Waals surface area contributed by atoms with E-state index >= 15 is 0 Å². The van der Waals surface area contributed by atoms with E-state index in [-0.39, 0.29) is 13.2 Å². The normalized spacial score (nSPS) is 33.6. The molecule has 1 aromatic carbocycles. The van der Waals surface area contributed by atoms with Gasteiger partial charge in [0.05, 0.1) is 12.7 Å². The Morgan fingerprint density at radius 2 is 1.45 bits per heavy atom. The van der Waals surface area contributed by atoms with Crippen LogP contribution in [-0.4, -0.2) is 92.7 Å². The predicted octanol–water partition coefficient (Wildman–Crippen LogP) is 1.36. The molecule has 3 heterocycles. The molecule has 3 aliphatic rings. The molecular formula is C27H34O13. The Morgan fingerprint density at radius 1 is 0.800 bits per heavy atom. The molecule has 3 fully saturated rings. The van der Waals surface area contributed by atoms with E-state index in [1.54, 1.807) is 0 Å². The summed E-state index contributed by atoms with van der Waals surface area (Å²) in [6.45, 7) is 4.93. The zero-order valence-corrected chi connectivity index (χ0v) is 22.7. The molecule has 0 N–H and O–H groups in total. The van der Waals surface area contributed by atoms with Crippen molar-refractivity contribution in [1.29, 1.82) is 0 Å². The topological polar surface area (TPSA) is 151 Å². The third-order valence-electron chi connectivity index (χ3n) is 6.49. The summed E-state index contributed by atoms with van der Waals surface area (Å²) < 4.78 is 52.0. The maximum atomic E-state index is 12.1. The number of esters is 4. The summed E-state index contributed by atoms with van der Waals surface area (Å²) in [5, 5.41) is 0. The van der Waals surface area contributed by atoms with Crippen molar-refractivity contribution in [3.05, 3.63) is 35.9 Å². The van der Waals surface area contributed by atoms with Crippen LogP contribution in [0.3, 0.4) is 0 Å². The van der Waals surface area contributed by atoms with Crippen molar-refractivity contribution in [2.75, 3.05) is 19.8 Å². The molecule has 4 rings (SSSR count). The lowest BCUT2D eigenvalue weighted by Crippen LogP contribution is -2.64. The Balaban J connectivity index is 1.61. The van der Waals surface area contributed by atoms with E-state index in [9.17, 15) is 19.2 Å². The summed E-state index contributed by atoms with van der Waals surface area (Å²) >= 11 is 0. The van der Waals surface area contributed by atoms with Crippen LogP contribution in [0.4, 0.5) is 0 Å². The molecule has 13 heteroatoms. The van der Waals surface area contributed by atoms with Crippen molar-refractivity contribution in [3.63, 3.8) is 0 Å². The van der Waals surface area contributed by atoms with E-state index in [2.05, 4.69) is 0 Å². The molecule has 0 spiro atoms. The van der Waals surface area contributed by atoms with Gasteiger partial charge in [-0.2, -0.15) is 0 Å². The molecule has 0 amide bonds. The second-order valence-corrected chi connectivity index (χ2v) is 9.62. The molecule has 9 atom stereocenters. The number of hydrogen-bond acceptors (Lipinski definition) is 13. The first-order valence-electron chi connectivity index (χ1n) is 13.0. The van der Waals surface area contributed by atoms with Crippen molar-refractivity contribution in [3.8, 4) is 0 Å². The predicted molar refractivity (Wildman–Crippen MR) is 131 cm³/mol. The fourth-order valence-electron chi connectivity index (χ4n) is 4.92. The van der Waals surface area contributed by atoms with Crippen LogP contribution in [0.2, 0.25) is 0 Å². The van der Waals surface area contributed by atoms with E-state index in [0.29, 0.717) is 13.0 Å². The van der Waals surface area contributed by atoms with Crippen LogP contribution < -0.4 is 0 Å².